The van der Waals surface area contributed by atoms with Crippen molar-refractivity contribution in [3.05, 3.63) is 0 Å². The first-order valence-corrected chi connectivity index (χ1v) is 3.91. The zero-order chi connectivity index (χ0) is 12.2. The van der Waals surface area contributed by atoms with Gasteiger partial charge in [0.05, 0.1) is 5.97 Å². The third-order valence-electron chi connectivity index (χ3n) is 1.08. The van der Waals surface area contributed by atoms with Crippen LogP contribution in [0.4, 0.5) is 0 Å². The molecule has 0 saturated heterocycles. The van der Waals surface area contributed by atoms with E-state index in [4.69, 9.17) is 16.6 Å². The summed E-state index contributed by atoms with van der Waals surface area (Å²) in [6, 6.07) is 0. The van der Waals surface area contributed by atoms with E-state index in [1.807, 2.05) is 0 Å². The molecule has 0 aliphatic heterocycles. The number of hydrogen-bond donors (Lipinski definition) is 3. The largest absolute Gasteiger partial charge is 1.00 e. The number of carbonyl (C=O) groups is 2. The zero-order valence-electron chi connectivity index (χ0n) is 11.8. The number of carboxylic acid groups (broad SMARTS) is 2. The Morgan fingerprint density at radius 2 is 1.05 bits per heavy atom. The van der Waals surface area contributed by atoms with Crippen LogP contribution in [0.5, 0.6) is 0 Å². The minimum absolute atomic E-state index is 0. The van der Waals surface area contributed by atoms with Crippen molar-refractivity contribution in [1.29, 1.82) is 0 Å². The molecule has 0 aromatic rings. The monoisotopic (exact) mass is 318 g/mol. The Kier molecular flexibility index (Phi) is 49.2. The van der Waals surface area contributed by atoms with E-state index in [1.165, 1.54) is 27.7 Å². The molecule has 8 N–H and O–H groups in total. The van der Waals surface area contributed by atoms with Crippen LogP contribution in [0, 0.1) is 0 Å². The molecule has 0 unspecified atom stereocenters. The van der Waals surface area contributed by atoms with Crippen molar-refractivity contribution in [2.75, 3.05) is 0 Å². The standard InChI is InChI=1S/2C4H9NO2.2CH4.2Na.2H2O/c2*1-4(2,5)3(6)7;;;;;;/h2*5H2,1-2H3,(H,6,7);2*1H4;;;2*1H2/q;;;;2*+1;;/p-2. The van der Waals surface area contributed by atoms with E-state index in [2.05, 4.69) is 0 Å². The Morgan fingerprint density at radius 1 is 0.950 bits per heavy atom. The summed E-state index contributed by atoms with van der Waals surface area (Å²) in [6.07, 6.45) is 0. The summed E-state index contributed by atoms with van der Waals surface area (Å²) in [4.78, 5) is 19.7. The maximum absolute atomic E-state index is 9.90. The molecule has 0 amide bonds. The van der Waals surface area contributed by atoms with Crippen LogP contribution in [0.1, 0.15) is 42.5 Å². The number of carbonyl (C=O) groups excluding carboxylic acids is 1. The fraction of sp³-hybridized carbons (Fsp3) is 0.800. The van der Waals surface area contributed by atoms with Crippen molar-refractivity contribution in [2.24, 2.45) is 11.5 Å². The molecular weight excluding hydrogens is 290 g/mol. The zero-order valence-corrected chi connectivity index (χ0v) is 15.8. The van der Waals surface area contributed by atoms with Crippen LogP contribution in [0.25, 0.3) is 0 Å². The summed E-state index contributed by atoms with van der Waals surface area (Å²) in [5.74, 6) is -2.21. The molecule has 0 radical (unpaired) electrons. The van der Waals surface area contributed by atoms with Crippen LogP contribution in [-0.4, -0.2) is 39.1 Å². The average molecular weight is 318 g/mol. The van der Waals surface area contributed by atoms with Crippen molar-refractivity contribution >= 4 is 11.9 Å². The van der Waals surface area contributed by atoms with E-state index in [9.17, 15) is 14.7 Å². The van der Waals surface area contributed by atoms with Crippen LogP contribution >= 0.6 is 0 Å². The SMILES string of the molecule is C.C.CC(C)(N)C(=O)O.CC(C)(N)C(=O)[O-].O.[Na+].[Na+].[OH-]. The van der Waals surface area contributed by atoms with E-state index in [0.717, 1.165) is 0 Å². The normalized spacial score (nSPS) is 7.90. The minimum Gasteiger partial charge on any atom is -0.870 e. The van der Waals surface area contributed by atoms with Gasteiger partial charge in [-0.3, -0.25) is 4.79 Å². The maximum Gasteiger partial charge on any atom is 1.00 e. The van der Waals surface area contributed by atoms with Crippen molar-refractivity contribution in [3.63, 3.8) is 0 Å². The van der Waals surface area contributed by atoms with Gasteiger partial charge < -0.3 is 37.4 Å². The molecule has 0 aliphatic rings. The van der Waals surface area contributed by atoms with Crippen molar-refractivity contribution in [1.82, 2.24) is 0 Å². The summed E-state index contributed by atoms with van der Waals surface area (Å²) >= 11 is 0. The van der Waals surface area contributed by atoms with Gasteiger partial charge in [-0.2, -0.15) is 0 Å². The van der Waals surface area contributed by atoms with Gasteiger partial charge in [0.2, 0.25) is 0 Å². The fourth-order valence-electron chi connectivity index (χ4n) is 0. The van der Waals surface area contributed by atoms with Crippen LogP contribution in [0.3, 0.4) is 0 Å². The topological polar surface area (TPSA) is 191 Å². The Morgan fingerprint density at radius 3 is 1.05 bits per heavy atom. The summed E-state index contributed by atoms with van der Waals surface area (Å²) < 4.78 is 0. The molecule has 0 fully saturated rings. The molecule has 0 spiro atoms. The number of aliphatic carboxylic acids is 2. The molecule has 0 atom stereocenters. The van der Waals surface area contributed by atoms with Gasteiger partial charge in [0.1, 0.15) is 5.54 Å². The van der Waals surface area contributed by atoms with Crippen LogP contribution in [0.2, 0.25) is 0 Å². The van der Waals surface area contributed by atoms with Crippen molar-refractivity contribution < 1.29 is 89.9 Å². The Hall–Kier alpha value is 0.780. The van der Waals surface area contributed by atoms with E-state index >= 15 is 0 Å². The first-order valence-electron chi connectivity index (χ1n) is 3.91. The minimum atomic E-state index is -1.23. The summed E-state index contributed by atoms with van der Waals surface area (Å²) in [7, 11) is 0. The molecule has 0 aliphatic carbocycles. The van der Waals surface area contributed by atoms with Crippen molar-refractivity contribution in [2.45, 2.75) is 53.6 Å². The number of carboxylic acids is 2. The third kappa shape index (κ3) is 36.3. The van der Waals surface area contributed by atoms with E-state index in [1.54, 1.807) is 0 Å². The van der Waals surface area contributed by atoms with Crippen molar-refractivity contribution in [3.8, 4) is 0 Å². The second kappa shape index (κ2) is 19.8. The molecule has 0 aromatic carbocycles. The number of hydrogen-bond acceptors (Lipinski definition) is 6. The second-order valence-electron chi connectivity index (χ2n) is 4.04. The van der Waals surface area contributed by atoms with Crippen LogP contribution in [0.15, 0.2) is 0 Å². The molecule has 0 bridgehead atoms. The first-order chi connectivity index (χ1) is 5.89. The molecule has 0 rings (SSSR count). The van der Waals surface area contributed by atoms with Gasteiger partial charge in [-0.1, -0.05) is 14.9 Å². The molecule has 0 aromatic heterocycles. The average Bonchev–Trinajstić information content (AvgIpc) is 1.83. The van der Waals surface area contributed by atoms with Crippen LogP contribution < -0.4 is 75.7 Å². The number of nitrogens with two attached hydrogens (primary N) is 2. The molecule has 8 nitrogen and oxygen atoms in total. The molecule has 20 heavy (non-hydrogen) atoms. The second-order valence-corrected chi connectivity index (χ2v) is 4.04. The molecule has 116 valence electrons. The van der Waals surface area contributed by atoms with Gasteiger partial charge in [-0.15, -0.1) is 0 Å². The van der Waals surface area contributed by atoms with Gasteiger partial charge in [-0.25, -0.2) is 0 Å². The predicted octanol–water partition coefficient (Wildman–Crippen LogP) is -7.44. The van der Waals surface area contributed by atoms with E-state index < -0.39 is 23.0 Å². The molecule has 10 heteroatoms. The quantitative estimate of drug-likeness (QED) is 0.421. The number of rotatable bonds is 2. The van der Waals surface area contributed by atoms with Crippen LogP contribution in [-0.2, 0) is 9.59 Å². The smallest absolute Gasteiger partial charge is 0.870 e. The summed E-state index contributed by atoms with van der Waals surface area (Å²) in [5, 5.41) is 17.9. The van der Waals surface area contributed by atoms with Gasteiger partial charge in [0.25, 0.3) is 0 Å². The summed E-state index contributed by atoms with van der Waals surface area (Å²) in [6.45, 7) is 5.63. The van der Waals surface area contributed by atoms with Gasteiger partial charge in [0, 0.05) is 5.54 Å². The maximum atomic E-state index is 9.90. The Balaban J connectivity index is -0.0000000185. The Labute approximate surface area is 165 Å². The third-order valence-corrected chi connectivity index (χ3v) is 1.08. The van der Waals surface area contributed by atoms with Gasteiger partial charge in [-0.05, 0) is 27.7 Å². The molecule has 0 heterocycles. The molecule has 0 saturated carbocycles. The first kappa shape index (κ1) is 49.8. The molecular formula is C10H28N2Na2O6. The summed E-state index contributed by atoms with van der Waals surface area (Å²) in [5.41, 5.74) is 7.82. The van der Waals surface area contributed by atoms with E-state index in [0.29, 0.717) is 0 Å². The van der Waals surface area contributed by atoms with Gasteiger partial charge in [0.15, 0.2) is 0 Å². The predicted molar refractivity (Wildman–Crippen MR) is 68.2 cm³/mol. The Bertz CT molecular complexity index is 203. The van der Waals surface area contributed by atoms with Gasteiger partial charge >= 0.3 is 65.1 Å². The fourth-order valence-corrected chi connectivity index (χ4v) is 0. The van der Waals surface area contributed by atoms with E-state index in [-0.39, 0.29) is 84.9 Å².